The number of nitrogens with zero attached hydrogens (tertiary/aromatic N) is 1. The maximum absolute atomic E-state index is 11.9. The average molecular weight is 323 g/mol. The number of hydrogen-bond donors (Lipinski definition) is 1. The number of carboxylic acids is 1. The number of hydrogen-bond acceptors (Lipinski definition) is 3. The van der Waals surface area contributed by atoms with Gasteiger partial charge in [0.1, 0.15) is 0 Å². The van der Waals surface area contributed by atoms with Gasteiger partial charge in [0.2, 0.25) is 0 Å². The number of thioether (sulfide) groups is 1. The molecule has 0 amide bonds. The summed E-state index contributed by atoms with van der Waals surface area (Å²) in [6, 6.07) is 17.3. The van der Waals surface area contributed by atoms with Gasteiger partial charge >= 0.3 is 5.97 Å². The Kier molecular flexibility index (Phi) is 4.63. The number of fused-ring (bicyclic) bond motifs is 1. The van der Waals surface area contributed by atoms with Crippen LogP contribution in [0.1, 0.15) is 15.9 Å². The number of carboxylic acid groups (broad SMARTS) is 1. The Labute approximate surface area is 139 Å². The number of para-hydroxylation sites is 1. The largest absolute Gasteiger partial charge is 0.478 e. The molecule has 0 spiro atoms. The van der Waals surface area contributed by atoms with Crippen LogP contribution in [-0.4, -0.2) is 28.1 Å². The standard InChI is InChI=1S/C19H17NO2S/c1-23-12-11-15-17(19(21)22)14-9-5-6-10-16(14)20-18(15)13-7-3-2-4-8-13/h2-10H,11-12H2,1H3,(H,21,22). The SMILES string of the molecule is CSCCc1c(-c2ccccc2)nc2ccccc2c1C(=O)O. The van der Waals surface area contributed by atoms with Crippen LogP contribution in [0.25, 0.3) is 22.2 Å². The number of aromatic nitrogens is 1. The molecule has 1 N–H and O–H groups in total. The van der Waals surface area contributed by atoms with Crippen molar-refractivity contribution in [1.82, 2.24) is 4.98 Å². The Hall–Kier alpha value is -2.33. The summed E-state index contributed by atoms with van der Waals surface area (Å²) in [5.74, 6) is -0.0305. The van der Waals surface area contributed by atoms with Crippen molar-refractivity contribution >= 4 is 28.6 Å². The number of rotatable bonds is 5. The van der Waals surface area contributed by atoms with Gasteiger partial charge in [-0.1, -0.05) is 48.5 Å². The first kappa shape index (κ1) is 15.6. The van der Waals surface area contributed by atoms with Crippen LogP contribution in [0.15, 0.2) is 54.6 Å². The normalized spacial score (nSPS) is 10.8. The zero-order valence-corrected chi connectivity index (χ0v) is 13.6. The van der Waals surface area contributed by atoms with Gasteiger partial charge in [-0.15, -0.1) is 0 Å². The quantitative estimate of drug-likeness (QED) is 0.751. The molecule has 3 nitrogen and oxygen atoms in total. The third-order valence-electron chi connectivity index (χ3n) is 3.81. The van der Waals surface area contributed by atoms with Crippen molar-refractivity contribution in [3.63, 3.8) is 0 Å². The van der Waals surface area contributed by atoms with Crippen molar-refractivity contribution in [1.29, 1.82) is 0 Å². The molecule has 0 aliphatic rings. The lowest BCUT2D eigenvalue weighted by molar-refractivity contribution is 0.0698. The summed E-state index contributed by atoms with van der Waals surface area (Å²) < 4.78 is 0. The van der Waals surface area contributed by atoms with Gasteiger partial charge in [-0.25, -0.2) is 9.78 Å². The van der Waals surface area contributed by atoms with Crippen LogP contribution in [0.3, 0.4) is 0 Å². The highest BCUT2D eigenvalue weighted by Crippen LogP contribution is 2.31. The molecule has 2 aromatic carbocycles. The summed E-state index contributed by atoms with van der Waals surface area (Å²) in [7, 11) is 0. The molecule has 0 saturated carbocycles. The number of carbonyl (C=O) groups is 1. The highest BCUT2D eigenvalue weighted by molar-refractivity contribution is 7.98. The molecule has 0 fully saturated rings. The van der Waals surface area contributed by atoms with E-state index in [1.165, 1.54) is 0 Å². The Morgan fingerprint density at radius 1 is 1.09 bits per heavy atom. The molecule has 4 heteroatoms. The van der Waals surface area contributed by atoms with Crippen LogP contribution in [0, 0.1) is 0 Å². The van der Waals surface area contributed by atoms with Crippen molar-refractivity contribution in [3.05, 3.63) is 65.7 Å². The molecule has 1 heterocycles. The number of aromatic carboxylic acids is 1. The van der Waals surface area contributed by atoms with E-state index in [0.717, 1.165) is 28.1 Å². The van der Waals surface area contributed by atoms with Crippen LogP contribution >= 0.6 is 11.8 Å². The molecule has 0 radical (unpaired) electrons. The number of pyridine rings is 1. The van der Waals surface area contributed by atoms with Crippen molar-refractivity contribution in [3.8, 4) is 11.3 Å². The fourth-order valence-electron chi connectivity index (χ4n) is 2.78. The Bertz CT molecular complexity index is 847. The Morgan fingerprint density at radius 2 is 1.78 bits per heavy atom. The second kappa shape index (κ2) is 6.84. The minimum Gasteiger partial charge on any atom is -0.478 e. The molecule has 0 saturated heterocycles. The van der Waals surface area contributed by atoms with Gasteiger partial charge in [-0.2, -0.15) is 11.8 Å². The lowest BCUT2D eigenvalue weighted by atomic mass is 9.95. The molecule has 0 bridgehead atoms. The van der Waals surface area contributed by atoms with Gasteiger partial charge in [0.05, 0.1) is 16.8 Å². The van der Waals surface area contributed by atoms with E-state index in [0.29, 0.717) is 17.4 Å². The highest BCUT2D eigenvalue weighted by atomic mass is 32.2. The molecule has 116 valence electrons. The minimum absolute atomic E-state index is 0.378. The zero-order chi connectivity index (χ0) is 16.2. The topological polar surface area (TPSA) is 50.2 Å². The molecule has 0 atom stereocenters. The second-order valence-electron chi connectivity index (χ2n) is 5.25. The van der Waals surface area contributed by atoms with Crippen LogP contribution in [0.2, 0.25) is 0 Å². The first-order chi connectivity index (χ1) is 11.2. The Balaban J connectivity index is 2.35. The van der Waals surface area contributed by atoms with E-state index in [2.05, 4.69) is 0 Å². The van der Waals surface area contributed by atoms with Crippen LogP contribution < -0.4 is 0 Å². The van der Waals surface area contributed by atoms with Gasteiger partial charge < -0.3 is 5.11 Å². The molecule has 0 unspecified atom stereocenters. The summed E-state index contributed by atoms with van der Waals surface area (Å²) in [6.45, 7) is 0. The molecule has 0 aliphatic carbocycles. The third kappa shape index (κ3) is 3.08. The lowest BCUT2D eigenvalue weighted by Crippen LogP contribution is -2.08. The van der Waals surface area contributed by atoms with Crippen molar-refractivity contribution < 1.29 is 9.90 Å². The molecule has 3 aromatic rings. The summed E-state index contributed by atoms with van der Waals surface area (Å²) in [5.41, 5.74) is 3.64. The van der Waals surface area contributed by atoms with E-state index in [4.69, 9.17) is 4.98 Å². The average Bonchev–Trinajstić information content (AvgIpc) is 2.59. The summed E-state index contributed by atoms with van der Waals surface area (Å²) in [6.07, 6.45) is 2.71. The summed E-state index contributed by atoms with van der Waals surface area (Å²) in [5, 5.41) is 10.5. The van der Waals surface area contributed by atoms with Gasteiger partial charge in [0, 0.05) is 10.9 Å². The first-order valence-corrected chi connectivity index (χ1v) is 8.81. The predicted octanol–water partition coefficient (Wildman–Crippen LogP) is 4.51. The molecule has 3 rings (SSSR count). The van der Waals surface area contributed by atoms with E-state index in [1.807, 2.05) is 60.9 Å². The lowest BCUT2D eigenvalue weighted by Gasteiger charge is -2.15. The van der Waals surface area contributed by atoms with Crippen molar-refractivity contribution in [2.24, 2.45) is 0 Å². The van der Waals surface area contributed by atoms with E-state index in [-0.39, 0.29) is 0 Å². The number of benzene rings is 2. The fourth-order valence-corrected chi connectivity index (χ4v) is 3.19. The first-order valence-electron chi connectivity index (χ1n) is 7.41. The summed E-state index contributed by atoms with van der Waals surface area (Å²) in [4.78, 5) is 16.7. The summed E-state index contributed by atoms with van der Waals surface area (Å²) >= 11 is 1.71. The smallest absolute Gasteiger partial charge is 0.336 e. The monoisotopic (exact) mass is 323 g/mol. The second-order valence-corrected chi connectivity index (χ2v) is 6.23. The Morgan fingerprint density at radius 3 is 2.48 bits per heavy atom. The van der Waals surface area contributed by atoms with Crippen LogP contribution in [0.4, 0.5) is 0 Å². The minimum atomic E-state index is -0.892. The van der Waals surface area contributed by atoms with Crippen LogP contribution in [0.5, 0.6) is 0 Å². The van der Waals surface area contributed by atoms with E-state index < -0.39 is 5.97 Å². The maximum atomic E-state index is 11.9. The fraction of sp³-hybridized carbons (Fsp3) is 0.158. The van der Waals surface area contributed by atoms with E-state index >= 15 is 0 Å². The van der Waals surface area contributed by atoms with Gasteiger partial charge in [0.25, 0.3) is 0 Å². The van der Waals surface area contributed by atoms with Gasteiger partial charge in [-0.05, 0) is 30.1 Å². The maximum Gasteiger partial charge on any atom is 0.336 e. The third-order valence-corrected chi connectivity index (χ3v) is 4.42. The zero-order valence-electron chi connectivity index (χ0n) is 12.8. The van der Waals surface area contributed by atoms with Gasteiger partial charge in [-0.3, -0.25) is 0 Å². The molecule has 23 heavy (non-hydrogen) atoms. The van der Waals surface area contributed by atoms with Crippen LogP contribution in [-0.2, 0) is 6.42 Å². The van der Waals surface area contributed by atoms with Crippen molar-refractivity contribution in [2.45, 2.75) is 6.42 Å². The molecule has 0 aliphatic heterocycles. The predicted molar refractivity (Wildman–Crippen MR) is 96.2 cm³/mol. The van der Waals surface area contributed by atoms with E-state index in [9.17, 15) is 9.90 Å². The van der Waals surface area contributed by atoms with E-state index in [1.54, 1.807) is 11.8 Å². The molecular weight excluding hydrogens is 306 g/mol. The highest BCUT2D eigenvalue weighted by Gasteiger charge is 2.20. The van der Waals surface area contributed by atoms with Crippen molar-refractivity contribution in [2.75, 3.05) is 12.0 Å². The molecule has 1 aromatic heterocycles. The molecular formula is C19H17NO2S. The van der Waals surface area contributed by atoms with Gasteiger partial charge in [0.15, 0.2) is 0 Å².